The molecule has 100 valence electrons. The first-order valence-electron chi connectivity index (χ1n) is 6.21. The number of nitrogens with one attached hydrogen (secondary N) is 1. The standard InChI is InChI=1S/C13H18F2N2O/c14-4-3-13(17-7-5-16-6-8-17)11-2-1-10(18)9-12(11)15/h1-2,9,13,16,18H,3-8H2/t13-/m0/s1. The van der Waals surface area contributed by atoms with Crippen molar-refractivity contribution in [3.8, 4) is 5.75 Å². The van der Waals surface area contributed by atoms with Gasteiger partial charge in [0.05, 0.1) is 6.67 Å². The zero-order valence-electron chi connectivity index (χ0n) is 10.2. The van der Waals surface area contributed by atoms with E-state index < -0.39 is 12.5 Å². The van der Waals surface area contributed by atoms with Crippen molar-refractivity contribution in [2.24, 2.45) is 0 Å². The van der Waals surface area contributed by atoms with Gasteiger partial charge in [0.1, 0.15) is 11.6 Å². The second-order valence-electron chi connectivity index (χ2n) is 4.49. The molecule has 2 N–H and O–H groups in total. The third-order valence-corrected chi connectivity index (χ3v) is 3.32. The molecule has 5 heteroatoms. The van der Waals surface area contributed by atoms with Crippen LogP contribution in [0.2, 0.25) is 0 Å². The molecule has 0 amide bonds. The van der Waals surface area contributed by atoms with Crippen molar-refractivity contribution in [3.05, 3.63) is 29.6 Å². The summed E-state index contributed by atoms with van der Waals surface area (Å²) in [6.45, 7) is 2.76. The molecule has 0 aliphatic carbocycles. The van der Waals surface area contributed by atoms with Crippen LogP contribution >= 0.6 is 0 Å². The van der Waals surface area contributed by atoms with Crippen molar-refractivity contribution in [1.82, 2.24) is 10.2 Å². The number of benzene rings is 1. The summed E-state index contributed by atoms with van der Waals surface area (Å²) in [5.41, 5.74) is 0.465. The molecule has 1 heterocycles. The number of phenols is 1. The van der Waals surface area contributed by atoms with Crippen LogP contribution in [0.5, 0.6) is 5.75 Å². The Labute approximate surface area is 105 Å². The minimum atomic E-state index is -0.477. The predicted octanol–water partition coefficient (Wildman–Crippen LogP) is 1.84. The minimum absolute atomic E-state index is 0.101. The van der Waals surface area contributed by atoms with Crippen molar-refractivity contribution in [1.29, 1.82) is 0 Å². The number of aromatic hydroxyl groups is 1. The van der Waals surface area contributed by atoms with Crippen LogP contribution in [-0.2, 0) is 0 Å². The van der Waals surface area contributed by atoms with E-state index in [1.165, 1.54) is 6.07 Å². The smallest absolute Gasteiger partial charge is 0.131 e. The Kier molecular flexibility index (Phi) is 4.49. The number of rotatable bonds is 4. The Morgan fingerprint density at radius 2 is 2.06 bits per heavy atom. The Morgan fingerprint density at radius 1 is 1.33 bits per heavy atom. The molecule has 1 atom stereocenters. The lowest BCUT2D eigenvalue weighted by Gasteiger charge is -2.35. The van der Waals surface area contributed by atoms with Crippen molar-refractivity contribution < 1.29 is 13.9 Å². The monoisotopic (exact) mass is 256 g/mol. The highest BCUT2D eigenvalue weighted by Crippen LogP contribution is 2.29. The Morgan fingerprint density at radius 3 is 2.67 bits per heavy atom. The molecule has 1 aliphatic rings. The molecule has 0 aromatic heterocycles. The summed E-state index contributed by atoms with van der Waals surface area (Å²) in [5.74, 6) is -0.567. The number of piperazine rings is 1. The summed E-state index contributed by atoms with van der Waals surface area (Å²) >= 11 is 0. The van der Waals surface area contributed by atoms with Crippen molar-refractivity contribution in [2.75, 3.05) is 32.9 Å². The number of hydrogen-bond acceptors (Lipinski definition) is 3. The van der Waals surface area contributed by atoms with Gasteiger partial charge in [-0.2, -0.15) is 0 Å². The van der Waals surface area contributed by atoms with E-state index in [2.05, 4.69) is 10.2 Å². The van der Waals surface area contributed by atoms with Crippen molar-refractivity contribution >= 4 is 0 Å². The van der Waals surface area contributed by atoms with Gasteiger partial charge >= 0.3 is 0 Å². The normalized spacial score (nSPS) is 18.8. The van der Waals surface area contributed by atoms with Gasteiger partial charge in [-0.15, -0.1) is 0 Å². The largest absolute Gasteiger partial charge is 0.508 e. The zero-order valence-corrected chi connectivity index (χ0v) is 10.2. The maximum Gasteiger partial charge on any atom is 0.131 e. The number of phenolic OH excluding ortho intramolecular Hbond substituents is 1. The minimum Gasteiger partial charge on any atom is -0.508 e. The van der Waals surface area contributed by atoms with Crippen LogP contribution in [0.25, 0.3) is 0 Å². The fourth-order valence-electron chi connectivity index (χ4n) is 2.42. The summed E-state index contributed by atoms with van der Waals surface area (Å²) in [7, 11) is 0. The zero-order chi connectivity index (χ0) is 13.0. The summed E-state index contributed by atoms with van der Waals surface area (Å²) in [6, 6.07) is 3.83. The molecule has 1 aliphatic heterocycles. The molecule has 1 saturated heterocycles. The third kappa shape index (κ3) is 2.97. The van der Waals surface area contributed by atoms with Crippen molar-refractivity contribution in [3.63, 3.8) is 0 Å². The number of alkyl halides is 1. The van der Waals surface area contributed by atoms with E-state index in [9.17, 15) is 13.9 Å². The van der Waals surface area contributed by atoms with E-state index >= 15 is 0 Å². The highest BCUT2D eigenvalue weighted by atomic mass is 19.1. The average Bonchev–Trinajstić information content (AvgIpc) is 2.38. The van der Waals surface area contributed by atoms with Crippen molar-refractivity contribution in [2.45, 2.75) is 12.5 Å². The maximum atomic E-state index is 13.9. The molecule has 0 bridgehead atoms. The lowest BCUT2D eigenvalue weighted by atomic mass is 10.0. The molecule has 0 unspecified atom stereocenters. The Bertz CT molecular complexity index is 395. The van der Waals surface area contributed by atoms with E-state index in [0.29, 0.717) is 5.56 Å². The van der Waals surface area contributed by atoms with Gasteiger partial charge in [0, 0.05) is 43.9 Å². The summed E-state index contributed by atoms with van der Waals surface area (Å²) in [5, 5.41) is 12.4. The van der Waals surface area contributed by atoms with Crippen LogP contribution in [0, 0.1) is 5.82 Å². The average molecular weight is 256 g/mol. The van der Waals surface area contributed by atoms with E-state index in [1.807, 2.05) is 0 Å². The molecule has 2 rings (SSSR count). The molecule has 18 heavy (non-hydrogen) atoms. The second kappa shape index (κ2) is 6.11. The number of hydrogen-bond donors (Lipinski definition) is 2. The first kappa shape index (κ1) is 13.2. The van der Waals surface area contributed by atoms with E-state index in [-0.39, 0.29) is 18.2 Å². The quantitative estimate of drug-likeness (QED) is 0.863. The first-order chi connectivity index (χ1) is 8.72. The van der Waals surface area contributed by atoms with Crippen LogP contribution in [-0.4, -0.2) is 42.9 Å². The number of nitrogens with zero attached hydrogens (tertiary/aromatic N) is 1. The third-order valence-electron chi connectivity index (χ3n) is 3.32. The van der Waals surface area contributed by atoms with Crippen LogP contribution in [0.1, 0.15) is 18.0 Å². The molecule has 0 radical (unpaired) electrons. The van der Waals surface area contributed by atoms with Gasteiger partial charge in [-0.3, -0.25) is 9.29 Å². The number of halogens is 2. The summed E-state index contributed by atoms with van der Waals surface area (Å²) < 4.78 is 26.5. The highest BCUT2D eigenvalue weighted by Gasteiger charge is 2.24. The topological polar surface area (TPSA) is 35.5 Å². The lowest BCUT2D eigenvalue weighted by Crippen LogP contribution is -2.45. The second-order valence-corrected chi connectivity index (χ2v) is 4.49. The van der Waals surface area contributed by atoms with Gasteiger partial charge in [0.25, 0.3) is 0 Å². The van der Waals surface area contributed by atoms with Crippen LogP contribution in [0.4, 0.5) is 8.78 Å². The molecular weight excluding hydrogens is 238 g/mol. The maximum absolute atomic E-state index is 13.9. The summed E-state index contributed by atoms with van der Waals surface area (Å²) in [6.07, 6.45) is 0.279. The van der Waals surface area contributed by atoms with Gasteiger partial charge < -0.3 is 10.4 Å². The predicted molar refractivity (Wildman–Crippen MR) is 65.8 cm³/mol. The van der Waals surface area contributed by atoms with Crippen LogP contribution in [0.15, 0.2) is 18.2 Å². The van der Waals surface area contributed by atoms with Crippen LogP contribution < -0.4 is 5.32 Å². The molecule has 1 aromatic rings. The van der Waals surface area contributed by atoms with E-state index in [0.717, 1.165) is 32.2 Å². The fraction of sp³-hybridized carbons (Fsp3) is 0.538. The summed E-state index contributed by atoms with van der Waals surface area (Å²) in [4.78, 5) is 2.09. The van der Waals surface area contributed by atoms with Crippen LogP contribution in [0.3, 0.4) is 0 Å². The van der Waals surface area contributed by atoms with E-state index in [1.54, 1.807) is 6.07 Å². The lowest BCUT2D eigenvalue weighted by molar-refractivity contribution is 0.154. The van der Waals surface area contributed by atoms with Gasteiger partial charge in [-0.25, -0.2) is 4.39 Å². The first-order valence-corrected chi connectivity index (χ1v) is 6.21. The highest BCUT2D eigenvalue weighted by molar-refractivity contribution is 5.30. The molecule has 1 fully saturated rings. The molecular formula is C13H18F2N2O. The van der Waals surface area contributed by atoms with Gasteiger partial charge in [0.2, 0.25) is 0 Å². The van der Waals surface area contributed by atoms with Gasteiger partial charge in [-0.05, 0) is 12.5 Å². The molecule has 1 aromatic carbocycles. The Hall–Kier alpha value is -1.20. The fourth-order valence-corrected chi connectivity index (χ4v) is 2.42. The van der Waals surface area contributed by atoms with E-state index in [4.69, 9.17) is 0 Å². The molecule has 3 nitrogen and oxygen atoms in total. The SMILES string of the molecule is Oc1ccc([C@H](CCF)N2CCNCC2)c(F)c1. The van der Waals surface area contributed by atoms with Gasteiger partial charge in [0.15, 0.2) is 0 Å². The van der Waals surface area contributed by atoms with Gasteiger partial charge in [-0.1, -0.05) is 6.07 Å². The molecule has 0 saturated carbocycles. The Balaban J connectivity index is 2.22. The molecule has 0 spiro atoms.